The second-order valence-electron chi connectivity index (χ2n) is 5.50. The Labute approximate surface area is 124 Å². The zero-order valence-corrected chi connectivity index (χ0v) is 12.7. The number of nitrogen functional groups attached to an aromatic ring is 1. The van der Waals surface area contributed by atoms with Gasteiger partial charge in [-0.2, -0.15) is 0 Å². The summed E-state index contributed by atoms with van der Waals surface area (Å²) in [6.45, 7) is 6.33. The molecule has 2 rings (SSSR count). The maximum absolute atomic E-state index is 11.9. The van der Waals surface area contributed by atoms with Crippen molar-refractivity contribution in [2.45, 2.75) is 39.2 Å². The van der Waals surface area contributed by atoms with Gasteiger partial charge < -0.3 is 16.0 Å². The Morgan fingerprint density at radius 1 is 1.24 bits per heavy atom. The molecule has 0 unspecified atom stereocenters. The van der Waals surface area contributed by atoms with Crippen LogP contribution in [0.25, 0.3) is 0 Å². The van der Waals surface area contributed by atoms with E-state index in [2.05, 4.69) is 15.2 Å². The van der Waals surface area contributed by atoms with E-state index in [0.717, 1.165) is 32.5 Å². The normalized spacial score (nSPS) is 15.5. The van der Waals surface area contributed by atoms with Crippen LogP contribution in [0.5, 0.6) is 0 Å². The van der Waals surface area contributed by atoms with Crippen molar-refractivity contribution < 1.29 is 0 Å². The molecule has 0 amide bonds. The summed E-state index contributed by atoms with van der Waals surface area (Å²) in [7, 11) is 0. The summed E-state index contributed by atoms with van der Waals surface area (Å²) >= 11 is 0. The predicted molar refractivity (Wildman–Crippen MR) is 84.8 cm³/mol. The molecule has 1 saturated heterocycles. The lowest BCUT2D eigenvalue weighted by molar-refractivity contribution is 0.352. The first-order valence-electron chi connectivity index (χ1n) is 7.72. The van der Waals surface area contributed by atoms with Gasteiger partial charge in [0.25, 0.3) is 5.56 Å². The van der Waals surface area contributed by atoms with Crippen molar-refractivity contribution >= 4 is 11.5 Å². The first-order valence-corrected chi connectivity index (χ1v) is 7.72. The average molecular weight is 295 g/mol. The Bertz CT molecular complexity index is 572. The van der Waals surface area contributed by atoms with Crippen molar-refractivity contribution in [1.82, 2.24) is 14.5 Å². The molecule has 4 N–H and O–H groups in total. The molecule has 0 radical (unpaired) electrons. The Morgan fingerprint density at radius 2 is 1.95 bits per heavy atom. The summed E-state index contributed by atoms with van der Waals surface area (Å²) < 4.78 is 1.43. The SMILES string of the molecule is CCCCn1c(N)c(NCCN2CCCC2)c(=O)[nH]c1=O. The third kappa shape index (κ3) is 3.87. The van der Waals surface area contributed by atoms with Crippen molar-refractivity contribution in [3.8, 4) is 0 Å². The quantitative estimate of drug-likeness (QED) is 0.678. The molecule has 0 aliphatic carbocycles. The molecule has 0 saturated carbocycles. The number of aromatic amines is 1. The Hall–Kier alpha value is -1.76. The zero-order chi connectivity index (χ0) is 15.2. The van der Waals surface area contributed by atoms with Crippen molar-refractivity contribution in [1.29, 1.82) is 0 Å². The highest BCUT2D eigenvalue weighted by molar-refractivity contribution is 5.60. The molecule has 7 heteroatoms. The molecule has 0 aromatic carbocycles. The maximum atomic E-state index is 11.9. The number of rotatable bonds is 7. The molecular formula is C14H25N5O2. The van der Waals surface area contributed by atoms with E-state index in [1.165, 1.54) is 17.4 Å². The smallest absolute Gasteiger partial charge is 0.330 e. The molecule has 1 aromatic rings. The van der Waals surface area contributed by atoms with Crippen molar-refractivity contribution in [2.24, 2.45) is 0 Å². The second-order valence-corrected chi connectivity index (χ2v) is 5.50. The van der Waals surface area contributed by atoms with Gasteiger partial charge in [0.15, 0.2) is 0 Å². The van der Waals surface area contributed by atoms with Crippen LogP contribution < -0.4 is 22.3 Å². The molecule has 2 heterocycles. The summed E-state index contributed by atoms with van der Waals surface area (Å²) in [6.07, 6.45) is 4.29. The molecule has 1 aliphatic rings. The highest BCUT2D eigenvalue weighted by atomic mass is 16.2. The average Bonchev–Trinajstić information content (AvgIpc) is 2.95. The molecule has 7 nitrogen and oxygen atoms in total. The standard InChI is InChI=1S/C14H25N5O2/c1-2-3-9-19-12(15)11(13(20)17-14(19)21)16-6-10-18-7-4-5-8-18/h16H,2-10,15H2,1H3,(H,17,20,21). The summed E-state index contributed by atoms with van der Waals surface area (Å²) in [6, 6.07) is 0. The number of nitrogens with one attached hydrogen (secondary N) is 2. The highest BCUT2D eigenvalue weighted by Gasteiger charge is 2.14. The summed E-state index contributed by atoms with van der Waals surface area (Å²) in [5, 5.41) is 3.08. The minimum atomic E-state index is -0.438. The minimum Gasteiger partial charge on any atom is -0.383 e. The summed E-state index contributed by atoms with van der Waals surface area (Å²) in [5.74, 6) is 0.235. The maximum Gasteiger partial charge on any atom is 0.330 e. The Morgan fingerprint density at radius 3 is 2.62 bits per heavy atom. The second kappa shape index (κ2) is 7.31. The zero-order valence-electron chi connectivity index (χ0n) is 12.7. The van der Waals surface area contributed by atoms with E-state index in [-0.39, 0.29) is 5.82 Å². The molecule has 0 atom stereocenters. The molecule has 118 valence electrons. The summed E-state index contributed by atoms with van der Waals surface area (Å²) in [5.41, 5.74) is 5.42. The Kier molecular flexibility index (Phi) is 5.44. The van der Waals surface area contributed by atoms with Crippen LogP contribution in [-0.4, -0.2) is 40.6 Å². The third-order valence-corrected chi connectivity index (χ3v) is 3.90. The van der Waals surface area contributed by atoms with Crippen molar-refractivity contribution in [3.63, 3.8) is 0 Å². The fraction of sp³-hybridized carbons (Fsp3) is 0.714. The molecule has 0 bridgehead atoms. The Balaban J connectivity index is 2.06. The molecule has 21 heavy (non-hydrogen) atoms. The van der Waals surface area contributed by atoms with Crippen LogP contribution in [0.4, 0.5) is 11.5 Å². The van der Waals surface area contributed by atoms with E-state index in [9.17, 15) is 9.59 Å². The number of hydrogen-bond donors (Lipinski definition) is 3. The lowest BCUT2D eigenvalue weighted by Crippen LogP contribution is -2.35. The van der Waals surface area contributed by atoms with E-state index < -0.39 is 11.2 Å². The number of nitrogens with two attached hydrogens (primary N) is 1. The first kappa shape index (κ1) is 15.6. The van der Waals surface area contributed by atoms with Crippen LogP contribution in [0, 0.1) is 0 Å². The lowest BCUT2D eigenvalue weighted by Gasteiger charge is -2.17. The van der Waals surface area contributed by atoms with Crippen LogP contribution in [0.15, 0.2) is 9.59 Å². The third-order valence-electron chi connectivity index (χ3n) is 3.90. The number of anilines is 2. The first-order chi connectivity index (χ1) is 10.1. The van der Waals surface area contributed by atoms with Gasteiger partial charge in [-0.15, -0.1) is 0 Å². The van der Waals surface area contributed by atoms with Crippen molar-refractivity contribution in [3.05, 3.63) is 20.8 Å². The van der Waals surface area contributed by atoms with Gasteiger partial charge in [-0.1, -0.05) is 13.3 Å². The minimum absolute atomic E-state index is 0.235. The number of unbranched alkanes of at least 4 members (excludes halogenated alkanes) is 1. The monoisotopic (exact) mass is 295 g/mol. The fourth-order valence-corrected chi connectivity index (χ4v) is 2.64. The number of nitrogens with zero attached hydrogens (tertiary/aromatic N) is 2. The van der Waals surface area contributed by atoms with E-state index in [1.807, 2.05) is 6.92 Å². The number of aromatic nitrogens is 2. The molecule has 1 aliphatic heterocycles. The van der Waals surface area contributed by atoms with Gasteiger partial charge in [-0.25, -0.2) is 4.79 Å². The van der Waals surface area contributed by atoms with E-state index in [4.69, 9.17) is 5.73 Å². The van der Waals surface area contributed by atoms with Crippen LogP contribution in [0.2, 0.25) is 0 Å². The molecule has 1 aromatic heterocycles. The lowest BCUT2D eigenvalue weighted by atomic mass is 10.3. The van der Waals surface area contributed by atoms with Crippen LogP contribution in [0.3, 0.4) is 0 Å². The van der Waals surface area contributed by atoms with E-state index >= 15 is 0 Å². The molecule has 1 fully saturated rings. The fourth-order valence-electron chi connectivity index (χ4n) is 2.64. The van der Waals surface area contributed by atoms with Crippen LogP contribution in [0.1, 0.15) is 32.6 Å². The van der Waals surface area contributed by atoms with E-state index in [0.29, 0.717) is 18.8 Å². The molecular weight excluding hydrogens is 270 g/mol. The highest BCUT2D eigenvalue weighted by Crippen LogP contribution is 2.11. The van der Waals surface area contributed by atoms with Gasteiger partial charge in [-0.3, -0.25) is 14.3 Å². The van der Waals surface area contributed by atoms with Crippen LogP contribution in [-0.2, 0) is 6.54 Å². The predicted octanol–water partition coefficient (Wildman–Crippen LogP) is 0.427. The number of hydrogen-bond acceptors (Lipinski definition) is 5. The van der Waals surface area contributed by atoms with Crippen LogP contribution >= 0.6 is 0 Å². The van der Waals surface area contributed by atoms with Gasteiger partial charge in [0.05, 0.1) is 0 Å². The topological polar surface area (TPSA) is 96.2 Å². The van der Waals surface area contributed by atoms with Gasteiger partial charge in [0.2, 0.25) is 0 Å². The van der Waals surface area contributed by atoms with Gasteiger partial charge in [0.1, 0.15) is 11.5 Å². The van der Waals surface area contributed by atoms with Crippen molar-refractivity contribution in [2.75, 3.05) is 37.2 Å². The molecule has 0 spiro atoms. The number of H-pyrrole nitrogens is 1. The largest absolute Gasteiger partial charge is 0.383 e. The summed E-state index contributed by atoms with van der Waals surface area (Å²) in [4.78, 5) is 28.4. The van der Waals surface area contributed by atoms with Gasteiger partial charge in [0, 0.05) is 19.6 Å². The van der Waals surface area contributed by atoms with Gasteiger partial charge >= 0.3 is 5.69 Å². The van der Waals surface area contributed by atoms with Gasteiger partial charge in [-0.05, 0) is 32.4 Å². The van der Waals surface area contributed by atoms with E-state index in [1.54, 1.807) is 0 Å². The number of likely N-dealkylation sites (tertiary alicyclic amines) is 1.